The zero-order chi connectivity index (χ0) is 14.0. The maximum atomic E-state index is 12.6. The van der Waals surface area contributed by atoms with E-state index in [2.05, 4.69) is 37.9 Å². The van der Waals surface area contributed by atoms with Gasteiger partial charge in [-0.3, -0.25) is 10.1 Å². The van der Waals surface area contributed by atoms with Crippen LogP contribution in [-0.4, -0.2) is 29.1 Å². The average Bonchev–Trinajstić information content (AvgIpc) is 2.65. The van der Waals surface area contributed by atoms with Gasteiger partial charge in [0, 0.05) is 6.04 Å². The summed E-state index contributed by atoms with van der Waals surface area (Å²) in [5.41, 5.74) is 0. The first kappa shape index (κ1) is 14.8. The molecule has 0 aromatic heterocycles. The van der Waals surface area contributed by atoms with Gasteiger partial charge in [-0.2, -0.15) is 0 Å². The third-order valence-corrected chi connectivity index (χ3v) is 4.79. The fourth-order valence-electron chi connectivity index (χ4n) is 4.09. The Bertz CT molecular complexity index is 308. The van der Waals surface area contributed by atoms with E-state index >= 15 is 0 Å². The Hall–Kier alpha value is -0.570. The van der Waals surface area contributed by atoms with Gasteiger partial charge < -0.3 is 4.90 Å². The van der Waals surface area contributed by atoms with Crippen molar-refractivity contribution in [1.29, 1.82) is 0 Å². The number of carbonyl (C=O) groups excluding carboxylic acids is 1. The van der Waals surface area contributed by atoms with Crippen LogP contribution >= 0.6 is 0 Å². The lowest BCUT2D eigenvalue weighted by Gasteiger charge is -2.39. The summed E-state index contributed by atoms with van der Waals surface area (Å²) in [7, 11) is 0. The second kappa shape index (κ2) is 6.25. The van der Waals surface area contributed by atoms with Crippen LogP contribution in [0, 0.1) is 11.8 Å². The van der Waals surface area contributed by atoms with Crippen LogP contribution in [0.2, 0.25) is 0 Å². The highest BCUT2D eigenvalue weighted by molar-refractivity contribution is 5.84. The summed E-state index contributed by atoms with van der Waals surface area (Å²) < 4.78 is 0. The fraction of sp³-hybridized carbons (Fsp3) is 0.938. The molecule has 2 fully saturated rings. The topological polar surface area (TPSA) is 32.3 Å². The van der Waals surface area contributed by atoms with Crippen molar-refractivity contribution in [3.05, 3.63) is 0 Å². The lowest BCUT2D eigenvalue weighted by molar-refractivity contribution is -0.133. The maximum Gasteiger partial charge on any atom is 0.241 e. The van der Waals surface area contributed by atoms with Gasteiger partial charge in [-0.05, 0) is 43.9 Å². The maximum absolute atomic E-state index is 12.6. The van der Waals surface area contributed by atoms with E-state index in [0.717, 1.165) is 31.1 Å². The smallest absolute Gasteiger partial charge is 0.241 e. The highest BCUT2D eigenvalue weighted by atomic mass is 16.2. The molecule has 0 spiro atoms. The molecule has 3 heteroatoms. The largest absolute Gasteiger partial charge is 0.323 e. The zero-order valence-corrected chi connectivity index (χ0v) is 13.0. The molecule has 1 N–H and O–H groups in total. The third kappa shape index (κ3) is 3.13. The van der Waals surface area contributed by atoms with E-state index in [1.54, 1.807) is 0 Å². The van der Waals surface area contributed by atoms with E-state index in [1.807, 2.05) is 0 Å². The summed E-state index contributed by atoms with van der Waals surface area (Å²) in [6.45, 7) is 9.01. The Labute approximate surface area is 118 Å². The van der Waals surface area contributed by atoms with Crippen LogP contribution in [-0.2, 0) is 4.79 Å². The van der Waals surface area contributed by atoms with E-state index in [4.69, 9.17) is 0 Å². The van der Waals surface area contributed by atoms with Crippen LogP contribution in [0.4, 0.5) is 0 Å². The number of carbonyl (C=O) groups is 1. The molecule has 0 aromatic carbocycles. The van der Waals surface area contributed by atoms with Crippen LogP contribution in [0.15, 0.2) is 0 Å². The molecule has 1 saturated carbocycles. The van der Waals surface area contributed by atoms with E-state index in [-0.39, 0.29) is 12.2 Å². The Morgan fingerprint density at radius 1 is 1.16 bits per heavy atom. The van der Waals surface area contributed by atoms with Crippen LogP contribution in [0.25, 0.3) is 0 Å². The number of hydrogen-bond acceptors (Lipinski definition) is 2. The van der Waals surface area contributed by atoms with Crippen molar-refractivity contribution in [2.24, 2.45) is 11.8 Å². The first-order valence-electron chi connectivity index (χ1n) is 8.15. The molecule has 2 rings (SSSR count). The van der Waals surface area contributed by atoms with Crippen LogP contribution < -0.4 is 5.32 Å². The van der Waals surface area contributed by atoms with Crippen molar-refractivity contribution in [3.8, 4) is 0 Å². The zero-order valence-electron chi connectivity index (χ0n) is 13.0. The van der Waals surface area contributed by atoms with Crippen molar-refractivity contribution in [3.63, 3.8) is 0 Å². The van der Waals surface area contributed by atoms with Crippen LogP contribution in [0.1, 0.15) is 66.2 Å². The highest BCUT2D eigenvalue weighted by Crippen LogP contribution is 2.34. The molecule has 1 saturated heterocycles. The molecule has 0 aromatic rings. The summed E-state index contributed by atoms with van der Waals surface area (Å²) in [5, 5.41) is 3.54. The molecule has 19 heavy (non-hydrogen) atoms. The quantitative estimate of drug-likeness (QED) is 0.848. The van der Waals surface area contributed by atoms with Gasteiger partial charge in [0.05, 0.1) is 12.2 Å². The number of nitrogens with one attached hydrogen (secondary N) is 1. The predicted octanol–water partition coefficient (Wildman–Crippen LogP) is 3.15. The highest BCUT2D eigenvalue weighted by Gasteiger charge is 2.42. The Morgan fingerprint density at radius 2 is 1.79 bits per heavy atom. The first-order chi connectivity index (χ1) is 9.06. The normalized spacial score (nSPS) is 39.9. The standard InChI is InChI=1S/C16H30N2O/c1-5-7-14-16(19)18(15(6-2)17-14)13-9-11(3)8-12(4)10-13/h11-15,17H,5-10H2,1-4H3. The van der Waals surface area contributed by atoms with Crippen molar-refractivity contribution in [1.82, 2.24) is 10.2 Å². The van der Waals surface area contributed by atoms with Crippen molar-refractivity contribution < 1.29 is 4.79 Å². The second-order valence-corrected chi connectivity index (χ2v) is 6.75. The van der Waals surface area contributed by atoms with Gasteiger partial charge in [0.1, 0.15) is 0 Å². The lowest BCUT2D eigenvalue weighted by atomic mass is 9.79. The van der Waals surface area contributed by atoms with Gasteiger partial charge in [-0.25, -0.2) is 0 Å². The number of hydrogen-bond donors (Lipinski definition) is 1. The molecule has 1 heterocycles. The fourth-order valence-corrected chi connectivity index (χ4v) is 4.09. The number of nitrogens with zero attached hydrogens (tertiary/aromatic N) is 1. The van der Waals surface area contributed by atoms with Gasteiger partial charge in [0.25, 0.3) is 0 Å². The van der Waals surface area contributed by atoms with E-state index in [0.29, 0.717) is 11.9 Å². The van der Waals surface area contributed by atoms with Gasteiger partial charge in [-0.1, -0.05) is 34.1 Å². The van der Waals surface area contributed by atoms with E-state index in [9.17, 15) is 4.79 Å². The Kier molecular flexibility index (Phi) is 4.88. The van der Waals surface area contributed by atoms with Crippen molar-refractivity contribution in [2.45, 2.75) is 84.5 Å². The molecule has 4 atom stereocenters. The summed E-state index contributed by atoms with van der Waals surface area (Å²) in [4.78, 5) is 14.8. The minimum Gasteiger partial charge on any atom is -0.323 e. The third-order valence-electron chi connectivity index (χ3n) is 4.79. The SMILES string of the molecule is CCCC1NC(CC)N(C2CC(C)CC(C)C2)C1=O. The molecule has 110 valence electrons. The molecule has 2 aliphatic rings. The van der Waals surface area contributed by atoms with Crippen molar-refractivity contribution >= 4 is 5.91 Å². The summed E-state index contributed by atoms with van der Waals surface area (Å²) >= 11 is 0. The summed E-state index contributed by atoms with van der Waals surface area (Å²) in [5.74, 6) is 1.87. The minimum atomic E-state index is 0.0717. The van der Waals surface area contributed by atoms with Gasteiger partial charge in [0.2, 0.25) is 5.91 Å². The molecule has 1 amide bonds. The molecule has 0 bridgehead atoms. The monoisotopic (exact) mass is 266 g/mol. The van der Waals surface area contributed by atoms with Crippen LogP contribution in [0.3, 0.4) is 0 Å². The molecule has 3 nitrogen and oxygen atoms in total. The molecule has 1 aliphatic heterocycles. The second-order valence-electron chi connectivity index (χ2n) is 6.75. The van der Waals surface area contributed by atoms with E-state index < -0.39 is 0 Å². The molecular formula is C16H30N2O. The van der Waals surface area contributed by atoms with Crippen molar-refractivity contribution in [2.75, 3.05) is 0 Å². The summed E-state index contributed by atoms with van der Waals surface area (Å²) in [6, 6.07) is 0.535. The molecule has 0 radical (unpaired) electrons. The Morgan fingerprint density at radius 3 is 2.32 bits per heavy atom. The number of amides is 1. The average molecular weight is 266 g/mol. The van der Waals surface area contributed by atoms with Gasteiger partial charge in [0.15, 0.2) is 0 Å². The summed E-state index contributed by atoms with van der Waals surface area (Å²) in [6.07, 6.45) is 7.04. The van der Waals surface area contributed by atoms with E-state index in [1.165, 1.54) is 19.3 Å². The Balaban J connectivity index is 2.10. The number of rotatable bonds is 4. The lowest BCUT2D eigenvalue weighted by Crippen LogP contribution is -2.47. The molecule has 1 aliphatic carbocycles. The van der Waals surface area contributed by atoms with Crippen LogP contribution in [0.5, 0.6) is 0 Å². The van der Waals surface area contributed by atoms with Gasteiger partial charge in [-0.15, -0.1) is 0 Å². The minimum absolute atomic E-state index is 0.0717. The molecular weight excluding hydrogens is 236 g/mol. The predicted molar refractivity (Wildman–Crippen MR) is 78.7 cm³/mol. The first-order valence-corrected chi connectivity index (χ1v) is 8.15. The van der Waals surface area contributed by atoms with Gasteiger partial charge >= 0.3 is 0 Å². The molecule has 4 unspecified atom stereocenters.